The SMILES string of the molecule is CCNCc1cccc(OCCN(CC(C)C)C2CC2)c1. The Kier molecular flexibility index (Phi) is 6.52. The molecule has 1 aliphatic rings. The second-order valence-electron chi connectivity index (χ2n) is 6.40. The third-order valence-corrected chi connectivity index (χ3v) is 3.79. The van der Waals surface area contributed by atoms with E-state index in [1.807, 2.05) is 0 Å². The van der Waals surface area contributed by atoms with Crippen LogP contribution in [0.15, 0.2) is 24.3 Å². The number of hydrogen-bond donors (Lipinski definition) is 1. The van der Waals surface area contributed by atoms with Crippen LogP contribution in [0.1, 0.15) is 39.2 Å². The highest BCUT2D eigenvalue weighted by Crippen LogP contribution is 2.27. The number of nitrogens with one attached hydrogen (secondary N) is 1. The predicted octanol–water partition coefficient (Wildman–Crippen LogP) is 3.30. The van der Waals surface area contributed by atoms with Crippen LogP contribution in [-0.4, -0.2) is 37.2 Å². The summed E-state index contributed by atoms with van der Waals surface area (Å²) >= 11 is 0. The van der Waals surface area contributed by atoms with Crippen molar-refractivity contribution in [3.63, 3.8) is 0 Å². The highest BCUT2D eigenvalue weighted by Gasteiger charge is 2.28. The molecule has 0 aromatic heterocycles. The maximum atomic E-state index is 5.95. The zero-order valence-electron chi connectivity index (χ0n) is 13.8. The van der Waals surface area contributed by atoms with E-state index < -0.39 is 0 Å². The van der Waals surface area contributed by atoms with E-state index in [1.54, 1.807) is 0 Å². The monoisotopic (exact) mass is 290 g/mol. The summed E-state index contributed by atoms with van der Waals surface area (Å²) in [7, 11) is 0. The Morgan fingerprint density at radius 3 is 2.81 bits per heavy atom. The van der Waals surface area contributed by atoms with Gasteiger partial charge in [-0.3, -0.25) is 4.90 Å². The van der Waals surface area contributed by atoms with Gasteiger partial charge in [-0.25, -0.2) is 0 Å². The maximum absolute atomic E-state index is 5.95. The van der Waals surface area contributed by atoms with Crippen LogP contribution < -0.4 is 10.1 Å². The van der Waals surface area contributed by atoms with Crippen molar-refractivity contribution in [2.24, 2.45) is 5.92 Å². The topological polar surface area (TPSA) is 24.5 Å². The first-order chi connectivity index (χ1) is 10.2. The lowest BCUT2D eigenvalue weighted by atomic mass is 10.2. The zero-order valence-corrected chi connectivity index (χ0v) is 13.8. The van der Waals surface area contributed by atoms with E-state index in [4.69, 9.17) is 4.74 Å². The molecule has 0 heterocycles. The molecule has 1 aliphatic carbocycles. The second kappa shape index (κ2) is 8.40. The molecule has 0 atom stereocenters. The fourth-order valence-electron chi connectivity index (χ4n) is 2.63. The summed E-state index contributed by atoms with van der Waals surface area (Å²) in [4.78, 5) is 2.59. The largest absolute Gasteiger partial charge is 0.492 e. The van der Waals surface area contributed by atoms with E-state index in [1.165, 1.54) is 24.9 Å². The molecule has 3 heteroatoms. The highest BCUT2D eigenvalue weighted by atomic mass is 16.5. The van der Waals surface area contributed by atoms with E-state index in [9.17, 15) is 0 Å². The van der Waals surface area contributed by atoms with Gasteiger partial charge in [0.15, 0.2) is 0 Å². The zero-order chi connectivity index (χ0) is 15.1. The van der Waals surface area contributed by atoms with Crippen molar-refractivity contribution in [1.29, 1.82) is 0 Å². The molecule has 0 radical (unpaired) electrons. The van der Waals surface area contributed by atoms with Crippen LogP contribution in [0.3, 0.4) is 0 Å². The number of nitrogens with zero attached hydrogens (tertiary/aromatic N) is 1. The van der Waals surface area contributed by atoms with Crippen molar-refractivity contribution in [3.8, 4) is 5.75 Å². The summed E-state index contributed by atoms with van der Waals surface area (Å²) in [5, 5.41) is 3.35. The third-order valence-electron chi connectivity index (χ3n) is 3.79. The molecule has 0 bridgehead atoms. The molecule has 1 N–H and O–H groups in total. The minimum Gasteiger partial charge on any atom is -0.492 e. The van der Waals surface area contributed by atoms with Crippen LogP contribution in [0, 0.1) is 5.92 Å². The quantitative estimate of drug-likeness (QED) is 0.715. The Morgan fingerprint density at radius 2 is 2.14 bits per heavy atom. The molecule has 118 valence electrons. The summed E-state index contributed by atoms with van der Waals surface area (Å²) in [6.07, 6.45) is 2.73. The molecule has 0 unspecified atom stereocenters. The molecule has 1 saturated carbocycles. The Morgan fingerprint density at radius 1 is 1.33 bits per heavy atom. The lowest BCUT2D eigenvalue weighted by Gasteiger charge is -2.24. The van der Waals surface area contributed by atoms with E-state index in [-0.39, 0.29) is 0 Å². The fourth-order valence-corrected chi connectivity index (χ4v) is 2.63. The standard InChI is InChI=1S/C18H30N2O/c1-4-19-13-16-6-5-7-18(12-16)21-11-10-20(14-15(2)3)17-8-9-17/h5-7,12,15,17,19H,4,8-11,13-14H2,1-3H3. The van der Waals surface area contributed by atoms with Gasteiger partial charge in [-0.05, 0) is 43.0 Å². The van der Waals surface area contributed by atoms with Gasteiger partial charge in [0, 0.05) is 25.7 Å². The van der Waals surface area contributed by atoms with Crippen LogP contribution in [0.5, 0.6) is 5.75 Å². The molecule has 0 amide bonds. The molecule has 0 aliphatic heterocycles. The van der Waals surface area contributed by atoms with Gasteiger partial charge in [-0.1, -0.05) is 32.9 Å². The van der Waals surface area contributed by atoms with Crippen LogP contribution in [0.25, 0.3) is 0 Å². The van der Waals surface area contributed by atoms with E-state index in [0.29, 0.717) is 0 Å². The molecular weight excluding hydrogens is 260 g/mol. The van der Waals surface area contributed by atoms with Gasteiger partial charge in [0.2, 0.25) is 0 Å². The normalized spacial score (nSPS) is 14.9. The predicted molar refractivity (Wildman–Crippen MR) is 88.8 cm³/mol. The van der Waals surface area contributed by atoms with Crippen molar-refractivity contribution in [2.75, 3.05) is 26.2 Å². The van der Waals surface area contributed by atoms with Crippen LogP contribution >= 0.6 is 0 Å². The number of rotatable bonds is 10. The average Bonchev–Trinajstić information content (AvgIpc) is 3.29. The minimum atomic E-state index is 0.731. The molecule has 2 rings (SSSR count). The molecule has 21 heavy (non-hydrogen) atoms. The second-order valence-corrected chi connectivity index (χ2v) is 6.40. The van der Waals surface area contributed by atoms with E-state index in [2.05, 4.69) is 55.3 Å². The van der Waals surface area contributed by atoms with Gasteiger partial charge in [0.1, 0.15) is 12.4 Å². The Labute approximate surface area is 129 Å². The first-order valence-electron chi connectivity index (χ1n) is 8.35. The summed E-state index contributed by atoms with van der Waals surface area (Å²) in [5.41, 5.74) is 1.29. The van der Waals surface area contributed by atoms with Crippen molar-refractivity contribution >= 4 is 0 Å². The van der Waals surface area contributed by atoms with Crippen molar-refractivity contribution in [1.82, 2.24) is 10.2 Å². The summed E-state index contributed by atoms with van der Waals surface area (Å²) in [6.45, 7) is 11.6. The van der Waals surface area contributed by atoms with Gasteiger partial charge in [-0.15, -0.1) is 0 Å². The Bertz CT molecular complexity index is 415. The molecule has 3 nitrogen and oxygen atoms in total. The van der Waals surface area contributed by atoms with Gasteiger partial charge in [-0.2, -0.15) is 0 Å². The van der Waals surface area contributed by atoms with Crippen molar-refractivity contribution in [2.45, 2.75) is 46.2 Å². The van der Waals surface area contributed by atoms with Gasteiger partial charge in [0.25, 0.3) is 0 Å². The van der Waals surface area contributed by atoms with Gasteiger partial charge < -0.3 is 10.1 Å². The molecule has 0 saturated heterocycles. The van der Waals surface area contributed by atoms with Gasteiger partial charge in [0.05, 0.1) is 0 Å². The average molecular weight is 290 g/mol. The summed E-state index contributed by atoms with van der Waals surface area (Å²) in [5.74, 6) is 1.72. The Hall–Kier alpha value is -1.06. The van der Waals surface area contributed by atoms with E-state index in [0.717, 1.165) is 44.0 Å². The van der Waals surface area contributed by atoms with Gasteiger partial charge >= 0.3 is 0 Å². The lowest BCUT2D eigenvalue weighted by Crippen LogP contribution is -2.33. The van der Waals surface area contributed by atoms with Crippen LogP contribution in [-0.2, 0) is 6.54 Å². The lowest BCUT2D eigenvalue weighted by molar-refractivity contribution is 0.185. The fraction of sp³-hybridized carbons (Fsp3) is 0.667. The molecule has 1 aromatic carbocycles. The molecule has 1 fully saturated rings. The molecule has 1 aromatic rings. The first kappa shape index (κ1) is 16.3. The molecule has 0 spiro atoms. The summed E-state index contributed by atoms with van der Waals surface area (Å²) in [6, 6.07) is 9.24. The van der Waals surface area contributed by atoms with Crippen LogP contribution in [0.4, 0.5) is 0 Å². The number of hydrogen-bond acceptors (Lipinski definition) is 3. The summed E-state index contributed by atoms with van der Waals surface area (Å²) < 4.78 is 5.95. The van der Waals surface area contributed by atoms with Crippen LogP contribution in [0.2, 0.25) is 0 Å². The highest BCUT2D eigenvalue weighted by molar-refractivity contribution is 5.28. The number of ether oxygens (including phenoxy) is 1. The first-order valence-corrected chi connectivity index (χ1v) is 8.35. The smallest absolute Gasteiger partial charge is 0.119 e. The number of benzene rings is 1. The van der Waals surface area contributed by atoms with E-state index >= 15 is 0 Å². The van der Waals surface area contributed by atoms with Crippen molar-refractivity contribution < 1.29 is 4.74 Å². The maximum Gasteiger partial charge on any atom is 0.119 e. The minimum absolute atomic E-state index is 0.731. The Balaban J connectivity index is 1.76. The molecular formula is C18H30N2O. The van der Waals surface area contributed by atoms with Crippen molar-refractivity contribution in [3.05, 3.63) is 29.8 Å². The third kappa shape index (κ3) is 6.06.